The van der Waals surface area contributed by atoms with E-state index in [0.717, 1.165) is 4.90 Å². The Hall–Kier alpha value is -2.95. The predicted molar refractivity (Wildman–Crippen MR) is 120 cm³/mol. The van der Waals surface area contributed by atoms with Crippen molar-refractivity contribution in [2.45, 2.75) is 22.2 Å². The average Bonchev–Trinajstić information content (AvgIpc) is 3.46. The molecule has 2 aromatic heterocycles. The molecule has 0 spiro atoms. The van der Waals surface area contributed by atoms with Gasteiger partial charge in [-0.3, -0.25) is 19.3 Å². The third kappa shape index (κ3) is 3.95. The molecule has 0 radical (unpaired) electrons. The number of fused-ring (bicyclic) bond motifs is 1. The number of aliphatic carboxylic acids is 2. The summed E-state index contributed by atoms with van der Waals surface area (Å²) in [7, 11) is 2.85. The number of aromatic nitrogens is 4. The zero-order valence-corrected chi connectivity index (χ0v) is 20.1. The van der Waals surface area contributed by atoms with Gasteiger partial charge in [0.05, 0.1) is 0 Å². The predicted octanol–water partition coefficient (Wildman–Crippen LogP) is -0.0552. The Balaban J connectivity index is 1.58. The highest BCUT2D eigenvalue weighted by Crippen LogP contribution is 2.47. The first-order valence-electron chi connectivity index (χ1n) is 9.59. The molecule has 0 aromatic carbocycles. The van der Waals surface area contributed by atoms with E-state index in [1.54, 1.807) is 12.4 Å². The van der Waals surface area contributed by atoms with Crippen LogP contribution in [-0.4, -0.2) is 88.8 Å². The first-order valence-corrected chi connectivity index (χ1v) is 12.6. The number of methoxy groups -OCH3 is 1. The lowest BCUT2D eigenvalue weighted by Crippen LogP contribution is -2.81. The second kappa shape index (κ2) is 9.36. The monoisotopic (exact) mass is 526 g/mol. The van der Waals surface area contributed by atoms with Crippen LogP contribution in [0.4, 0.5) is 0 Å². The van der Waals surface area contributed by atoms with Crippen molar-refractivity contribution >= 4 is 58.6 Å². The zero-order valence-electron chi connectivity index (χ0n) is 17.7. The number of tetrazole rings is 1. The van der Waals surface area contributed by atoms with Crippen LogP contribution in [0.15, 0.2) is 33.3 Å². The first kappa shape index (κ1) is 24.2. The number of thioether (sulfide) groups is 2. The second-order valence-corrected chi connectivity index (χ2v) is 10.0. The summed E-state index contributed by atoms with van der Waals surface area (Å²) < 4.78 is 6.83. The summed E-state index contributed by atoms with van der Waals surface area (Å²) in [4.78, 5) is 51.0. The zero-order chi connectivity index (χ0) is 24.6. The Bertz CT molecular complexity index is 1180. The van der Waals surface area contributed by atoms with E-state index in [2.05, 4.69) is 20.8 Å². The number of nitrogens with zero attached hydrogens (tertiary/aromatic N) is 5. The summed E-state index contributed by atoms with van der Waals surface area (Å²) in [5, 5.41) is 35.7. The van der Waals surface area contributed by atoms with Gasteiger partial charge >= 0.3 is 11.9 Å². The standard InChI is InChI=1S/C18H18N6O7S3/c1-23-17(20-21-22-23)34-7-9-6-33-16-18(31-2,15(30)24(16)11(9)14(28)29)19-12(25)10(13(26)27)8-3-4-32-5-8/h3-5,10,16H,6-7H2,1-2H3,(H,19,25)(H,26,27)(H,28,29)/t10?,16-,18-/m0/s1. The Morgan fingerprint density at radius 2 is 2.18 bits per heavy atom. The lowest BCUT2D eigenvalue weighted by atomic mass is 9.95. The Morgan fingerprint density at radius 3 is 2.74 bits per heavy atom. The van der Waals surface area contributed by atoms with Crippen molar-refractivity contribution < 1.29 is 34.1 Å². The van der Waals surface area contributed by atoms with Gasteiger partial charge < -0.3 is 20.3 Å². The minimum atomic E-state index is -1.89. The summed E-state index contributed by atoms with van der Waals surface area (Å²) in [6.07, 6.45) is 0. The molecule has 2 aliphatic rings. The minimum Gasteiger partial charge on any atom is -0.480 e. The molecule has 2 aromatic rings. The lowest BCUT2D eigenvalue weighted by Gasteiger charge is -2.56. The number of carbonyl (C=O) groups is 4. The van der Waals surface area contributed by atoms with Crippen LogP contribution in [0.2, 0.25) is 0 Å². The molecule has 3 atom stereocenters. The molecule has 1 fully saturated rings. The number of nitrogens with one attached hydrogen (secondary N) is 1. The molecule has 4 rings (SSSR count). The van der Waals surface area contributed by atoms with Crippen LogP contribution in [0.25, 0.3) is 0 Å². The van der Waals surface area contributed by atoms with Gasteiger partial charge in [0.2, 0.25) is 11.1 Å². The van der Waals surface area contributed by atoms with Crippen molar-refractivity contribution in [2.75, 3.05) is 18.6 Å². The number of aryl methyl sites for hydroxylation is 1. The van der Waals surface area contributed by atoms with Crippen LogP contribution >= 0.6 is 34.9 Å². The van der Waals surface area contributed by atoms with E-state index in [9.17, 15) is 29.4 Å². The maximum Gasteiger partial charge on any atom is 0.352 e. The third-order valence-electron chi connectivity index (χ3n) is 5.29. The molecule has 0 aliphatic carbocycles. The van der Waals surface area contributed by atoms with Crippen molar-refractivity contribution in [2.24, 2.45) is 7.05 Å². The van der Waals surface area contributed by atoms with Gasteiger partial charge in [-0.15, -0.1) is 16.9 Å². The van der Waals surface area contributed by atoms with Crippen molar-refractivity contribution in [3.63, 3.8) is 0 Å². The van der Waals surface area contributed by atoms with E-state index >= 15 is 0 Å². The van der Waals surface area contributed by atoms with Crippen molar-refractivity contribution in [1.82, 2.24) is 30.4 Å². The molecule has 3 N–H and O–H groups in total. The molecule has 0 bridgehead atoms. The number of carboxylic acid groups (broad SMARTS) is 2. The van der Waals surface area contributed by atoms with E-state index in [0.29, 0.717) is 10.7 Å². The van der Waals surface area contributed by atoms with Crippen LogP contribution in [0, 0.1) is 0 Å². The number of amides is 2. The molecule has 2 amide bonds. The van der Waals surface area contributed by atoms with Gasteiger partial charge in [0, 0.05) is 25.7 Å². The van der Waals surface area contributed by atoms with Gasteiger partial charge in [-0.2, -0.15) is 11.3 Å². The molecule has 2 aliphatic heterocycles. The highest BCUT2D eigenvalue weighted by Gasteiger charge is 2.67. The number of hydrogen-bond donors (Lipinski definition) is 3. The van der Waals surface area contributed by atoms with Gasteiger partial charge in [-0.1, -0.05) is 11.8 Å². The van der Waals surface area contributed by atoms with Crippen molar-refractivity contribution in [1.29, 1.82) is 0 Å². The normalized spacial score (nSPS) is 22.7. The van der Waals surface area contributed by atoms with Gasteiger partial charge in [0.15, 0.2) is 5.92 Å². The van der Waals surface area contributed by atoms with Crippen LogP contribution in [-0.2, 0) is 31.0 Å². The lowest BCUT2D eigenvalue weighted by molar-refractivity contribution is -0.193. The number of rotatable bonds is 9. The van der Waals surface area contributed by atoms with E-state index in [4.69, 9.17) is 4.74 Å². The van der Waals surface area contributed by atoms with Crippen LogP contribution in [0.1, 0.15) is 11.5 Å². The molecule has 1 saturated heterocycles. The number of thiophene rings is 1. The number of β-lactam (4-membered cyclic amide) rings is 1. The Kier molecular flexibility index (Phi) is 6.66. The van der Waals surface area contributed by atoms with Gasteiger partial charge in [0.25, 0.3) is 11.6 Å². The Morgan fingerprint density at radius 1 is 1.41 bits per heavy atom. The summed E-state index contributed by atoms with van der Waals surface area (Å²) >= 11 is 3.66. The highest BCUT2D eigenvalue weighted by atomic mass is 32.2. The number of ether oxygens (including phenoxy) is 1. The third-order valence-corrected chi connectivity index (χ3v) is 8.46. The molecule has 180 valence electrons. The summed E-state index contributed by atoms with van der Waals surface area (Å²) in [6, 6.07) is 1.51. The fourth-order valence-corrected chi connectivity index (χ4v) is 6.76. The number of carbonyl (C=O) groups excluding carboxylic acids is 2. The number of hydrogen-bond acceptors (Lipinski definition) is 11. The maximum absolute atomic E-state index is 13.2. The van der Waals surface area contributed by atoms with E-state index < -0.39 is 40.8 Å². The SMILES string of the molecule is CO[C@@]1(NC(=O)C(C(=O)O)c2ccsc2)C(=O)N2C(C(=O)O)=C(CSc3nnnn3C)CS[C@H]21. The molecule has 13 nitrogen and oxygen atoms in total. The molecular weight excluding hydrogens is 508 g/mol. The molecule has 4 heterocycles. The average molecular weight is 527 g/mol. The molecule has 34 heavy (non-hydrogen) atoms. The minimum absolute atomic E-state index is 0.203. The summed E-state index contributed by atoms with van der Waals surface area (Å²) in [6.45, 7) is 0. The van der Waals surface area contributed by atoms with Crippen LogP contribution < -0.4 is 5.32 Å². The fraction of sp³-hybridized carbons (Fsp3) is 0.389. The first-order chi connectivity index (χ1) is 16.2. The van der Waals surface area contributed by atoms with E-state index in [1.165, 1.54) is 58.1 Å². The molecule has 0 saturated carbocycles. The smallest absolute Gasteiger partial charge is 0.352 e. The quantitative estimate of drug-likeness (QED) is 0.172. The van der Waals surface area contributed by atoms with Gasteiger partial charge in [-0.05, 0) is 38.4 Å². The van der Waals surface area contributed by atoms with E-state index in [-0.39, 0.29) is 22.8 Å². The summed E-state index contributed by atoms with van der Waals surface area (Å²) in [5.41, 5.74) is -1.35. The largest absolute Gasteiger partial charge is 0.480 e. The summed E-state index contributed by atoms with van der Waals surface area (Å²) in [5.74, 6) is -5.50. The van der Waals surface area contributed by atoms with Gasteiger partial charge in [-0.25, -0.2) is 9.48 Å². The van der Waals surface area contributed by atoms with Crippen LogP contribution in [0.5, 0.6) is 0 Å². The molecular formula is C18H18N6O7S3. The maximum atomic E-state index is 13.2. The van der Waals surface area contributed by atoms with Gasteiger partial charge in [0.1, 0.15) is 11.1 Å². The Labute approximate surface area is 204 Å². The molecule has 1 unspecified atom stereocenters. The number of carboxylic acids is 2. The van der Waals surface area contributed by atoms with Crippen molar-refractivity contribution in [3.05, 3.63) is 33.7 Å². The second-order valence-electron chi connectivity index (χ2n) is 7.23. The van der Waals surface area contributed by atoms with Crippen molar-refractivity contribution in [3.8, 4) is 0 Å². The topological polar surface area (TPSA) is 177 Å². The van der Waals surface area contributed by atoms with E-state index in [1.807, 2.05) is 0 Å². The highest BCUT2D eigenvalue weighted by molar-refractivity contribution is 8.01. The fourth-order valence-electron chi connectivity index (χ4n) is 3.65. The molecule has 16 heteroatoms. The van der Waals surface area contributed by atoms with Crippen LogP contribution in [0.3, 0.4) is 0 Å².